The van der Waals surface area contributed by atoms with Crippen molar-refractivity contribution in [2.75, 3.05) is 7.11 Å². The van der Waals surface area contributed by atoms with Crippen molar-refractivity contribution in [1.82, 2.24) is 19.6 Å². The van der Waals surface area contributed by atoms with E-state index in [0.717, 1.165) is 21.6 Å². The van der Waals surface area contributed by atoms with Gasteiger partial charge in [-0.2, -0.15) is 10.2 Å². The summed E-state index contributed by atoms with van der Waals surface area (Å²) in [4.78, 5) is 0. The van der Waals surface area contributed by atoms with Crippen molar-refractivity contribution in [2.45, 2.75) is 0 Å². The van der Waals surface area contributed by atoms with Crippen LogP contribution in [0.1, 0.15) is 0 Å². The van der Waals surface area contributed by atoms with Crippen LogP contribution in [0.3, 0.4) is 0 Å². The number of nitrogens with zero attached hydrogens (tertiary/aromatic N) is 4. The third-order valence-corrected chi connectivity index (χ3v) is 3.20. The van der Waals surface area contributed by atoms with Gasteiger partial charge in [0, 0.05) is 32.1 Å². The number of hydrogen-bond donors (Lipinski definition) is 0. The van der Waals surface area contributed by atoms with E-state index < -0.39 is 0 Å². The molecule has 2 aromatic heterocycles. The molecule has 0 unspecified atom stereocenters. The van der Waals surface area contributed by atoms with Crippen LogP contribution in [-0.4, -0.2) is 26.7 Å². The highest BCUT2D eigenvalue weighted by molar-refractivity contribution is 9.10. The van der Waals surface area contributed by atoms with Crippen LogP contribution in [0.2, 0.25) is 0 Å². The largest absolute Gasteiger partial charge is 0.497 e. The van der Waals surface area contributed by atoms with Gasteiger partial charge < -0.3 is 4.74 Å². The number of rotatable bonds is 2. The first-order valence-corrected chi connectivity index (χ1v) is 7.17. The normalized spacial score (nSPS) is 9.90. The molecule has 110 valence electrons. The number of aromatic nitrogens is 4. The molecule has 5 nitrogen and oxygen atoms in total. The molecule has 1 aromatic carbocycles. The molecular formula is C15H17BrN4O. The van der Waals surface area contributed by atoms with E-state index in [1.54, 1.807) is 16.5 Å². The fraction of sp³-hybridized carbons (Fsp3) is 0.200. The lowest BCUT2D eigenvalue weighted by Gasteiger charge is -2.00. The molecule has 0 aliphatic rings. The molecule has 0 aliphatic carbocycles. The molecular weight excluding hydrogens is 332 g/mol. The second-order valence-corrected chi connectivity index (χ2v) is 5.23. The zero-order chi connectivity index (χ0) is 15.2. The molecule has 6 heteroatoms. The number of methoxy groups -OCH3 is 1. The molecule has 0 radical (unpaired) electrons. The maximum atomic E-state index is 5.08. The molecule has 0 saturated heterocycles. The van der Waals surface area contributed by atoms with Crippen molar-refractivity contribution in [3.8, 4) is 17.0 Å². The van der Waals surface area contributed by atoms with E-state index in [9.17, 15) is 0 Å². The van der Waals surface area contributed by atoms with Crippen LogP contribution in [0.15, 0.2) is 53.4 Å². The minimum Gasteiger partial charge on any atom is -0.497 e. The minimum atomic E-state index is 0.865. The van der Waals surface area contributed by atoms with Crippen LogP contribution in [0, 0.1) is 0 Å². The fourth-order valence-electron chi connectivity index (χ4n) is 1.72. The predicted octanol–water partition coefficient (Wildman–Crippen LogP) is 3.28. The number of hydrogen-bond acceptors (Lipinski definition) is 3. The first-order chi connectivity index (χ1) is 10.1. The predicted molar refractivity (Wildman–Crippen MR) is 86.1 cm³/mol. The molecule has 2 heterocycles. The second-order valence-electron chi connectivity index (χ2n) is 4.42. The molecule has 3 aromatic rings. The number of halogens is 1. The van der Waals surface area contributed by atoms with Gasteiger partial charge in [0.05, 0.1) is 12.8 Å². The lowest BCUT2D eigenvalue weighted by Crippen LogP contribution is -1.88. The Morgan fingerprint density at radius 2 is 1.52 bits per heavy atom. The number of aryl methyl sites for hydroxylation is 2. The van der Waals surface area contributed by atoms with E-state index in [-0.39, 0.29) is 0 Å². The molecule has 3 rings (SSSR count). The number of benzene rings is 1. The van der Waals surface area contributed by atoms with Crippen molar-refractivity contribution in [3.63, 3.8) is 0 Å². The lowest BCUT2D eigenvalue weighted by atomic mass is 10.1. The quantitative estimate of drug-likeness (QED) is 0.713. The van der Waals surface area contributed by atoms with Gasteiger partial charge in [0.1, 0.15) is 10.4 Å². The van der Waals surface area contributed by atoms with Crippen molar-refractivity contribution >= 4 is 15.9 Å². The fourth-order valence-corrected chi connectivity index (χ4v) is 2.09. The van der Waals surface area contributed by atoms with Gasteiger partial charge in [0.15, 0.2) is 0 Å². The smallest absolute Gasteiger partial charge is 0.128 e. The average Bonchev–Trinajstić information content (AvgIpc) is 3.08. The van der Waals surface area contributed by atoms with E-state index in [1.807, 2.05) is 62.9 Å². The summed E-state index contributed by atoms with van der Waals surface area (Å²) in [5.41, 5.74) is 2.08. The van der Waals surface area contributed by atoms with Gasteiger partial charge in [0.2, 0.25) is 0 Å². The summed E-state index contributed by atoms with van der Waals surface area (Å²) < 4.78 is 9.50. The Labute approximate surface area is 132 Å². The molecule has 0 aliphatic heterocycles. The Morgan fingerprint density at radius 1 is 0.905 bits per heavy atom. The summed E-state index contributed by atoms with van der Waals surface area (Å²) in [6.45, 7) is 0. The van der Waals surface area contributed by atoms with Gasteiger partial charge in [-0.25, -0.2) is 0 Å². The molecule has 0 saturated carbocycles. The maximum Gasteiger partial charge on any atom is 0.128 e. The number of ether oxygens (including phenoxy) is 1. The van der Waals surface area contributed by atoms with Crippen LogP contribution in [0.25, 0.3) is 11.3 Å². The standard InChI is InChI=1S/C11H12N2O.C4H5BrN2/c1-13-8-7-11(12-13)9-3-5-10(14-2)6-4-9;1-7-3-2-4(5)6-7/h3-8H,1-2H3;2-3H,1H3. The summed E-state index contributed by atoms with van der Waals surface area (Å²) in [6, 6.07) is 11.7. The second kappa shape index (κ2) is 7.08. The van der Waals surface area contributed by atoms with Gasteiger partial charge in [-0.15, -0.1) is 0 Å². The van der Waals surface area contributed by atoms with Gasteiger partial charge in [-0.3, -0.25) is 9.36 Å². The van der Waals surface area contributed by atoms with Crippen LogP contribution in [-0.2, 0) is 14.1 Å². The zero-order valence-corrected chi connectivity index (χ0v) is 13.8. The Balaban J connectivity index is 0.000000194. The molecule has 21 heavy (non-hydrogen) atoms. The van der Waals surface area contributed by atoms with E-state index in [4.69, 9.17) is 4.74 Å². The van der Waals surface area contributed by atoms with E-state index in [2.05, 4.69) is 26.1 Å². The highest BCUT2D eigenvalue weighted by Crippen LogP contribution is 2.20. The van der Waals surface area contributed by atoms with Crippen molar-refractivity contribution < 1.29 is 4.74 Å². The topological polar surface area (TPSA) is 44.9 Å². The van der Waals surface area contributed by atoms with Gasteiger partial charge >= 0.3 is 0 Å². The molecule has 0 fully saturated rings. The van der Waals surface area contributed by atoms with Gasteiger partial charge in [-0.1, -0.05) is 0 Å². The Kier molecular flexibility index (Phi) is 5.16. The highest BCUT2D eigenvalue weighted by Gasteiger charge is 2.00. The summed E-state index contributed by atoms with van der Waals surface area (Å²) >= 11 is 3.20. The van der Waals surface area contributed by atoms with E-state index in [1.165, 1.54) is 0 Å². The van der Waals surface area contributed by atoms with E-state index >= 15 is 0 Å². The summed E-state index contributed by atoms with van der Waals surface area (Å²) in [5, 5.41) is 8.26. The minimum absolute atomic E-state index is 0.865. The van der Waals surface area contributed by atoms with Crippen LogP contribution >= 0.6 is 15.9 Å². The van der Waals surface area contributed by atoms with Crippen molar-refractivity contribution in [2.24, 2.45) is 14.1 Å². The molecule has 0 N–H and O–H groups in total. The molecule has 0 bridgehead atoms. The van der Waals surface area contributed by atoms with Crippen LogP contribution in [0.5, 0.6) is 5.75 Å². The van der Waals surface area contributed by atoms with Crippen LogP contribution in [0.4, 0.5) is 0 Å². The Bertz CT molecular complexity index is 671. The molecule has 0 amide bonds. The maximum absolute atomic E-state index is 5.08. The SMILES string of the molecule is COc1ccc(-c2ccn(C)n2)cc1.Cn1ccc(Br)n1. The summed E-state index contributed by atoms with van der Waals surface area (Å²) in [6.07, 6.45) is 3.81. The summed E-state index contributed by atoms with van der Waals surface area (Å²) in [7, 11) is 5.45. The Hall–Kier alpha value is -2.08. The third kappa shape index (κ3) is 4.46. The first-order valence-electron chi connectivity index (χ1n) is 6.37. The zero-order valence-electron chi connectivity index (χ0n) is 12.2. The van der Waals surface area contributed by atoms with Crippen LogP contribution < -0.4 is 4.74 Å². The molecule has 0 atom stereocenters. The lowest BCUT2D eigenvalue weighted by molar-refractivity contribution is 0.415. The molecule has 0 spiro atoms. The van der Waals surface area contributed by atoms with E-state index in [0.29, 0.717) is 0 Å². The average molecular weight is 349 g/mol. The third-order valence-electron chi connectivity index (χ3n) is 2.78. The van der Waals surface area contributed by atoms with Crippen molar-refractivity contribution in [3.05, 3.63) is 53.4 Å². The highest BCUT2D eigenvalue weighted by atomic mass is 79.9. The Morgan fingerprint density at radius 3 is 1.90 bits per heavy atom. The monoisotopic (exact) mass is 348 g/mol. The van der Waals surface area contributed by atoms with Gasteiger partial charge in [-0.05, 0) is 52.3 Å². The first kappa shape index (κ1) is 15.3. The summed E-state index contributed by atoms with van der Waals surface area (Å²) in [5.74, 6) is 0.865. The van der Waals surface area contributed by atoms with Gasteiger partial charge in [0.25, 0.3) is 0 Å². The van der Waals surface area contributed by atoms with Crippen molar-refractivity contribution in [1.29, 1.82) is 0 Å².